The molecule has 1 amide bonds. The number of carboxylic acid groups (broad SMARTS) is 1. The molecule has 0 aromatic heterocycles. The Balaban J connectivity index is 1.58. The summed E-state index contributed by atoms with van der Waals surface area (Å²) in [6.07, 6.45) is 0.722. The van der Waals surface area contributed by atoms with Gasteiger partial charge in [-0.1, -0.05) is 48.5 Å². The van der Waals surface area contributed by atoms with Gasteiger partial charge >= 0.3 is 12.1 Å². The first-order chi connectivity index (χ1) is 15.3. The average molecular weight is 440 g/mol. The summed E-state index contributed by atoms with van der Waals surface area (Å²) in [4.78, 5) is 34.3. The monoisotopic (exact) mass is 439 g/mol. The standard InChI is InChI=1S/C25H29NO6/c1-25(2,32-16-27)13-7-8-17(14-23(28)29)26-24(30)31-15-22-20-11-5-3-9-18(20)19-10-4-6-12-21(19)22/h3-6,9-12,16-17,22H,7-8,13-15H2,1-2H3,(H,26,30)(H,28,29)/t17-/m0/s1. The van der Waals surface area contributed by atoms with Crippen molar-refractivity contribution in [2.45, 2.75) is 57.1 Å². The lowest BCUT2D eigenvalue weighted by atomic mass is 9.98. The SMILES string of the molecule is CC(C)(CCC[C@@H](CC(=O)O)NC(=O)OCC1c2ccccc2-c2ccccc21)OC=O. The van der Waals surface area contributed by atoms with Gasteiger partial charge in [0, 0.05) is 12.0 Å². The third-order valence-electron chi connectivity index (χ3n) is 5.79. The maximum absolute atomic E-state index is 12.5. The molecule has 2 aromatic carbocycles. The number of carbonyl (C=O) groups is 3. The van der Waals surface area contributed by atoms with E-state index in [2.05, 4.69) is 17.4 Å². The van der Waals surface area contributed by atoms with E-state index in [1.165, 1.54) is 0 Å². The van der Waals surface area contributed by atoms with Gasteiger partial charge in [-0.15, -0.1) is 0 Å². The van der Waals surface area contributed by atoms with E-state index in [1.807, 2.05) is 36.4 Å². The van der Waals surface area contributed by atoms with E-state index >= 15 is 0 Å². The predicted octanol–water partition coefficient (Wildman–Crippen LogP) is 4.49. The van der Waals surface area contributed by atoms with Crippen LogP contribution in [0.5, 0.6) is 0 Å². The van der Waals surface area contributed by atoms with Gasteiger partial charge in [-0.3, -0.25) is 9.59 Å². The summed E-state index contributed by atoms with van der Waals surface area (Å²) < 4.78 is 10.5. The fraction of sp³-hybridized carbons (Fsp3) is 0.400. The number of alkyl carbamates (subject to hydrolysis) is 1. The van der Waals surface area contributed by atoms with Gasteiger partial charge in [-0.2, -0.15) is 0 Å². The second kappa shape index (κ2) is 10.3. The molecule has 1 atom stereocenters. The molecule has 170 valence electrons. The zero-order valence-corrected chi connectivity index (χ0v) is 18.4. The molecule has 7 nitrogen and oxygen atoms in total. The summed E-state index contributed by atoms with van der Waals surface area (Å²) in [5, 5.41) is 11.9. The number of carboxylic acids is 1. The van der Waals surface area contributed by atoms with E-state index in [9.17, 15) is 19.5 Å². The van der Waals surface area contributed by atoms with Crippen LogP contribution in [0, 0.1) is 0 Å². The van der Waals surface area contributed by atoms with Crippen LogP contribution in [-0.4, -0.2) is 41.9 Å². The molecule has 3 rings (SSSR count). The number of amides is 1. The molecule has 0 radical (unpaired) electrons. The highest BCUT2D eigenvalue weighted by atomic mass is 16.5. The number of hydrogen-bond donors (Lipinski definition) is 2. The molecule has 0 bridgehead atoms. The fourth-order valence-electron chi connectivity index (χ4n) is 4.21. The van der Waals surface area contributed by atoms with Gasteiger partial charge in [0.15, 0.2) is 0 Å². The number of ether oxygens (including phenoxy) is 2. The van der Waals surface area contributed by atoms with Gasteiger partial charge in [-0.05, 0) is 55.4 Å². The van der Waals surface area contributed by atoms with E-state index in [0.717, 1.165) is 22.3 Å². The molecular formula is C25H29NO6. The third-order valence-corrected chi connectivity index (χ3v) is 5.79. The summed E-state index contributed by atoms with van der Waals surface area (Å²) in [5.41, 5.74) is 3.86. The number of benzene rings is 2. The molecule has 0 aliphatic heterocycles. The first-order valence-corrected chi connectivity index (χ1v) is 10.8. The Bertz CT molecular complexity index is 925. The normalized spacial score (nSPS) is 13.6. The first-order valence-electron chi connectivity index (χ1n) is 10.8. The Hall–Kier alpha value is -3.35. The maximum atomic E-state index is 12.5. The second-order valence-corrected chi connectivity index (χ2v) is 8.63. The third kappa shape index (κ3) is 5.87. The molecule has 1 aliphatic carbocycles. The van der Waals surface area contributed by atoms with Crippen LogP contribution in [0.2, 0.25) is 0 Å². The molecule has 2 aromatic rings. The van der Waals surface area contributed by atoms with Crippen LogP contribution in [0.25, 0.3) is 11.1 Å². The van der Waals surface area contributed by atoms with Crippen molar-refractivity contribution in [3.63, 3.8) is 0 Å². The van der Waals surface area contributed by atoms with Crippen LogP contribution >= 0.6 is 0 Å². The summed E-state index contributed by atoms with van der Waals surface area (Å²) in [6, 6.07) is 15.5. The Morgan fingerprint density at radius 2 is 1.69 bits per heavy atom. The number of carbonyl (C=O) groups excluding carboxylic acids is 2. The van der Waals surface area contributed by atoms with Crippen LogP contribution < -0.4 is 5.32 Å². The van der Waals surface area contributed by atoms with Crippen molar-refractivity contribution >= 4 is 18.5 Å². The number of rotatable bonds is 11. The minimum Gasteiger partial charge on any atom is -0.481 e. The quantitative estimate of drug-likeness (QED) is 0.500. The minimum atomic E-state index is -1.00. The molecule has 2 N–H and O–H groups in total. The van der Waals surface area contributed by atoms with Crippen molar-refractivity contribution in [3.8, 4) is 11.1 Å². The maximum Gasteiger partial charge on any atom is 0.407 e. The van der Waals surface area contributed by atoms with E-state index in [1.54, 1.807) is 13.8 Å². The minimum absolute atomic E-state index is 0.0626. The summed E-state index contributed by atoms with van der Waals surface area (Å²) in [7, 11) is 0. The fourth-order valence-corrected chi connectivity index (χ4v) is 4.21. The highest BCUT2D eigenvalue weighted by molar-refractivity contribution is 5.79. The summed E-state index contributed by atoms with van der Waals surface area (Å²) >= 11 is 0. The lowest BCUT2D eigenvalue weighted by molar-refractivity contribution is -0.140. The molecular weight excluding hydrogens is 410 g/mol. The lowest BCUT2D eigenvalue weighted by Crippen LogP contribution is -2.38. The smallest absolute Gasteiger partial charge is 0.407 e. The van der Waals surface area contributed by atoms with Gasteiger partial charge in [-0.25, -0.2) is 4.79 Å². The summed E-state index contributed by atoms with van der Waals surface area (Å²) in [5.74, 6) is -1.07. The zero-order valence-electron chi connectivity index (χ0n) is 18.4. The Labute approximate surface area is 187 Å². The number of fused-ring (bicyclic) bond motifs is 3. The van der Waals surface area contributed by atoms with Crippen LogP contribution in [0.15, 0.2) is 48.5 Å². The van der Waals surface area contributed by atoms with Gasteiger partial charge in [0.1, 0.15) is 12.2 Å². The van der Waals surface area contributed by atoms with Gasteiger partial charge in [0.05, 0.1) is 6.42 Å². The molecule has 32 heavy (non-hydrogen) atoms. The van der Waals surface area contributed by atoms with Gasteiger partial charge in [0.25, 0.3) is 6.47 Å². The van der Waals surface area contributed by atoms with Crippen molar-refractivity contribution in [3.05, 3.63) is 59.7 Å². The molecule has 1 aliphatic rings. The molecule has 0 heterocycles. The molecule has 7 heteroatoms. The van der Waals surface area contributed by atoms with Crippen molar-refractivity contribution in [2.24, 2.45) is 0 Å². The number of hydrogen-bond acceptors (Lipinski definition) is 5. The number of aliphatic carboxylic acids is 1. The van der Waals surface area contributed by atoms with Crippen LogP contribution in [-0.2, 0) is 19.1 Å². The molecule has 0 saturated heterocycles. The van der Waals surface area contributed by atoms with E-state index in [0.29, 0.717) is 25.7 Å². The topological polar surface area (TPSA) is 102 Å². The molecule has 0 unspecified atom stereocenters. The first kappa shape index (κ1) is 23.3. The van der Waals surface area contributed by atoms with E-state index in [4.69, 9.17) is 9.47 Å². The van der Waals surface area contributed by atoms with Gasteiger partial charge in [0.2, 0.25) is 0 Å². The molecule has 0 fully saturated rings. The highest BCUT2D eigenvalue weighted by Gasteiger charge is 2.29. The van der Waals surface area contributed by atoms with E-state index < -0.39 is 23.7 Å². The Kier molecular flexibility index (Phi) is 7.51. The second-order valence-electron chi connectivity index (χ2n) is 8.63. The average Bonchev–Trinajstić information content (AvgIpc) is 3.05. The van der Waals surface area contributed by atoms with Crippen molar-refractivity contribution in [1.82, 2.24) is 5.32 Å². The number of nitrogens with one attached hydrogen (secondary N) is 1. The Morgan fingerprint density at radius 3 is 2.25 bits per heavy atom. The lowest BCUT2D eigenvalue weighted by Gasteiger charge is -2.24. The van der Waals surface area contributed by atoms with Crippen LogP contribution in [0.1, 0.15) is 56.6 Å². The van der Waals surface area contributed by atoms with Crippen molar-refractivity contribution in [1.29, 1.82) is 0 Å². The van der Waals surface area contributed by atoms with Gasteiger partial charge < -0.3 is 19.9 Å². The highest BCUT2D eigenvalue weighted by Crippen LogP contribution is 2.44. The van der Waals surface area contributed by atoms with Crippen LogP contribution in [0.3, 0.4) is 0 Å². The van der Waals surface area contributed by atoms with Crippen molar-refractivity contribution < 1.29 is 29.0 Å². The predicted molar refractivity (Wildman–Crippen MR) is 119 cm³/mol. The molecule has 0 saturated carbocycles. The molecule has 0 spiro atoms. The van der Waals surface area contributed by atoms with E-state index in [-0.39, 0.29) is 18.9 Å². The van der Waals surface area contributed by atoms with Crippen LogP contribution in [0.4, 0.5) is 4.79 Å². The zero-order chi connectivity index (χ0) is 23.1. The van der Waals surface area contributed by atoms with Crippen molar-refractivity contribution in [2.75, 3.05) is 6.61 Å². The summed E-state index contributed by atoms with van der Waals surface area (Å²) in [6.45, 7) is 4.14. The Morgan fingerprint density at radius 1 is 1.09 bits per heavy atom. The largest absolute Gasteiger partial charge is 0.481 e.